The van der Waals surface area contributed by atoms with E-state index in [1.54, 1.807) is 14.2 Å². The van der Waals surface area contributed by atoms with Crippen LogP contribution >= 0.6 is 0 Å². The number of morpholine rings is 1. The first-order valence-corrected chi connectivity index (χ1v) is 18.5. The molecule has 266 valence electrons. The van der Waals surface area contributed by atoms with Gasteiger partial charge in [-0.2, -0.15) is 0 Å². The molecule has 1 aliphatic carbocycles. The summed E-state index contributed by atoms with van der Waals surface area (Å²) in [7, 11) is 3.32. The van der Waals surface area contributed by atoms with Crippen LogP contribution in [0.2, 0.25) is 0 Å². The lowest BCUT2D eigenvalue weighted by Gasteiger charge is -2.39. The average Bonchev–Trinajstić information content (AvgIpc) is 3.40. The zero-order valence-electron chi connectivity index (χ0n) is 31.0. The summed E-state index contributed by atoms with van der Waals surface area (Å²) in [6.45, 7) is 12.6. The smallest absolute Gasteiger partial charge is 0.136 e. The molecule has 1 N–H and O–H groups in total. The predicted molar refractivity (Wildman–Crippen MR) is 208 cm³/mol. The van der Waals surface area contributed by atoms with Gasteiger partial charge in [0.1, 0.15) is 28.7 Å². The van der Waals surface area contributed by atoms with E-state index in [4.69, 9.17) is 18.9 Å². The minimum atomic E-state index is -0.209. The topological polar surface area (TPSA) is 60.4 Å². The maximum absolute atomic E-state index is 12.0. The summed E-state index contributed by atoms with van der Waals surface area (Å²) >= 11 is 0. The van der Waals surface area contributed by atoms with E-state index in [-0.39, 0.29) is 16.6 Å². The van der Waals surface area contributed by atoms with Crippen molar-refractivity contribution in [1.29, 1.82) is 0 Å². The SMILES string of the molecule is CCCC(C)(C)CC1(CCC)c2ccccc2-c2c1cc(O)c1cc(-c3ccc(OC)cc3OC)c(Oc3ccc(N4CCOCC4)cc3)cc21. The molecular weight excluding hydrogens is 634 g/mol. The average molecular weight is 686 g/mol. The Labute approximate surface area is 302 Å². The molecule has 0 saturated carbocycles. The number of fused-ring (bicyclic) bond motifs is 5. The van der Waals surface area contributed by atoms with E-state index in [1.807, 2.05) is 30.3 Å². The first kappa shape index (κ1) is 34.8. The van der Waals surface area contributed by atoms with E-state index in [0.717, 1.165) is 91.7 Å². The summed E-state index contributed by atoms with van der Waals surface area (Å²) in [6.07, 6.45) is 5.34. The van der Waals surface area contributed by atoms with Gasteiger partial charge in [0.15, 0.2) is 0 Å². The Balaban J connectivity index is 1.45. The highest BCUT2D eigenvalue weighted by Gasteiger charge is 2.46. The number of nitrogens with zero attached hydrogens (tertiary/aromatic N) is 1. The summed E-state index contributed by atoms with van der Waals surface area (Å²) in [4.78, 5) is 2.34. The van der Waals surface area contributed by atoms with Gasteiger partial charge in [-0.3, -0.25) is 0 Å². The molecule has 6 nitrogen and oxygen atoms in total. The van der Waals surface area contributed by atoms with Crippen LogP contribution in [0.25, 0.3) is 33.0 Å². The van der Waals surface area contributed by atoms with E-state index in [2.05, 4.69) is 87.2 Å². The third kappa shape index (κ3) is 6.40. The van der Waals surface area contributed by atoms with Crippen LogP contribution < -0.4 is 19.1 Å². The Kier molecular flexibility index (Phi) is 9.64. The van der Waals surface area contributed by atoms with Crippen molar-refractivity contribution in [1.82, 2.24) is 0 Å². The third-order valence-electron chi connectivity index (χ3n) is 11.0. The molecule has 0 aromatic heterocycles. The lowest BCUT2D eigenvalue weighted by Crippen LogP contribution is -2.36. The maximum atomic E-state index is 12.0. The van der Waals surface area contributed by atoms with Crippen LogP contribution in [0.5, 0.6) is 28.7 Å². The molecule has 2 aliphatic rings. The van der Waals surface area contributed by atoms with Crippen molar-refractivity contribution >= 4 is 16.5 Å². The molecule has 0 amide bonds. The maximum Gasteiger partial charge on any atom is 0.136 e. The fraction of sp³-hybridized carbons (Fsp3) is 0.378. The normalized spacial score (nSPS) is 16.9. The van der Waals surface area contributed by atoms with E-state index < -0.39 is 0 Å². The number of phenols is 1. The predicted octanol–water partition coefficient (Wildman–Crippen LogP) is 11.1. The van der Waals surface area contributed by atoms with Crippen molar-refractivity contribution in [3.8, 4) is 51.0 Å². The first-order valence-electron chi connectivity index (χ1n) is 18.5. The molecule has 7 rings (SSSR count). The summed E-state index contributed by atoms with van der Waals surface area (Å²) in [5, 5.41) is 13.8. The first-order chi connectivity index (χ1) is 24.7. The highest BCUT2D eigenvalue weighted by Crippen LogP contribution is 2.60. The van der Waals surface area contributed by atoms with Gasteiger partial charge in [0.2, 0.25) is 0 Å². The second-order valence-electron chi connectivity index (χ2n) is 14.9. The number of hydrogen-bond donors (Lipinski definition) is 1. The molecular formula is C45H51NO5. The molecule has 1 saturated heterocycles. The number of benzene rings is 5. The lowest BCUT2D eigenvalue weighted by atomic mass is 9.64. The Hall–Kier alpha value is -4.68. The van der Waals surface area contributed by atoms with Gasteiger partial charge in [-0.1, -0.05) is 64.8 Å². The van der Waals surface area contributed by atoms with Crippen LogP contribution in [0.15, 0.2) is 84.9 Å². The molecule has 51 heavy (non-hydrogen) atoms. The van der Waals surface area contributed by atoms with E-state index in [9.17, 15) is 5.11 Å². The molecule has 1 heterocycles. The van der Waals surface area contributed by atoms with Crippen LogP contribution in [-0.2, 0) is 10.2 Å². The van der Waals surface area contributed by atoms with Crippen LogP contribution in [0.4, 0.5) is 5.69 Å². The minimum absolute atomic E-state index is 0.125. The largest absolute Gasteiger partial charge is 0.507 e. The van der Waals surface area contributed by atoms with Crippen LogP contribution in [-0.4, -0.2) is 45.6 Å². The molecule has 1 fully saturated rings. The second-order valence-corrected chi connectivity index (χ2v) is 14.9. The van der Waals surface area contributed by atoms with Crippen LogP contribution in [0, 0.1) is 5.41 Å². The quantitative estimate of drug-likeness (QED) is 0.141. The number of aromatic hydroxyl groups is 1. The molecule has 1 unspecified atom stereocenters. The van der Waals surface area contributed by atoms with Gasteiger partial charge in [0.05, 0.1) is 27.4 Å². The highest BCUT2D eigenvalue weighted by atomic mass is 16.5. The summed E-state index contributed by atoms with van der Waals surface area (Å²) in [6, 6.07) is 29.3. The van der Waals surface area contributed by atoms with Crippen molar-refractivity contribution in [2.45, 2.75) is 65.2 Å². The van der Waals surface area contributed by atoms with Crippen LogP contribution in [0.1, 0.15) is 70.9 Å². The lowest BCUT2D eigenvalue weighted by molar-refractivity contribution is 0.122. The molecule has 5 aromatic carbocycles. The molecule has 1 aliphatic heterocycles. The Morgan fingerprint density at radius 3 is 2.20 bits per heavy atom. The highest BCUT2D eigenvalue weighted by molar-refractivity contribution is 6.08. The number of ether oxygens (including phenoxy) is 4. The van der Waals surface area contributed by atoms with Gasteiger partial charge < -0.3 is 29.0 Å². The van der Waals surface area contributed by atoms with Gasteiger partial charge in [-0.15, -0.1) is 0 Å². The van der Waals surface area contributed by atoms with Gasteiger partial charge in [0.25, 0.3) is 0 Å². The Bertz CT molecular complexity index is 2030. The van der Waals surface area contributed by atoms with Gasteiger partial charge in [0, 0.05) is 46.8 Å². The van der Waals surface area contributed by atoms with E-state index in [1.165, 1.54) is 22.3 Å². The number of rotatable bonds is 12. The van der Waals surface area contributed by atoms with E-state index in [0.29, 0.717) is 17.2 Å². The zero-order chi connectivity index (χ0) is 35.8. The Morgan fingerprint density at radius 1 is 0.745 bits per heavy atom. The van der Waals surface area contributed by atoms with Gasteiger partial charge in [-0.05, 0) is 107 Å². The second kappa shape index (κ2) is 14.1. The third-order valence-corrected chi connectivity index (χ3v) is 11.0. The van der Waals surface area contributed by atoms with Crippen molar-refractivity contribution in [2.75, 3.05) is 45.4 Å². The number of methoxy groups -OCH3 is 2. The molecule has 1 atom stereocenters. The van der Waals surface area contributed by atoms with Crippen molar-refractivity contribution < 1.29 is 24.1 Å². The summed E-state index contributed by atoms with van der Waals surface area (Å²) < 4.78 is 23.9. The molecule has 0 radical (unpaired) electrons. The number of phenolic OH excluding ortho intramolecular Hbond substituents is 1. The summed E-state index contributed by atoms with van der Waals surface area (Å²) in [5.41, 5.74) is 7.76. The van der Waals surface area contributed by atoms with Crippen molar-refractivity contribution in [3.63, 3.8) is 0 Å². The fourth-order valence-corrected chi connectivity index (χ4v) is 8.91. The van der Waals surface area contributed by atoms with Gasteiger partial charge in [-0.25, -0.2) is 0 Å². The molecule has 0 bridgehead atoms. The van der Waals surface area contributed by atoms with Crippen molar-refractivity contribution in [3.05, 3.63) is 96.1 Å². The molecule has 0 spiro atoms. The van der Waals surface area contributed by atoms with Crippen molar-refractivity contribution in [2.24, 2.45) is 5.41 Å². The minimum Gasteiger partial charge on any atom is -0.507 e. The zero-order valence-corrected chi connectivity index (χ0v) is 31.0. The Morgan fingerprint density at radius 2 is 1.49 bits per heavy atom. The van der Waals surface area contributed by atoms with E-state index >= 15 is 0 Å². The molecule has 6 heteroatoms. The van der Waals surface area contributed by atoms with Crippen LogP contribution in [0.3, 0.4) is 0 Å². The monoisotopic (exact) mass is 685 g/mol. The fourth-order valence-electron chi connectivity index (χ4n) is 8.91. The number of hydrogen-bond acceptors (Lipinski definition) is 6. The number of anilines is 1. The standard InChI is InChI=1S/C45H51NO5/c1-7-19-44(3,4)29-45(20-8-2)38-12-10-9-11-34(38)43-37-27-42(51-31-15-13-30(14-16-31)46-21-23-50-24-22-46)36(26-35(37)40(47)28-39(43)45)33-18-17-32(48-5)25-41(33)49-6/h9-18,25-28,47H,7-8,19-24,29H2,1-6H3. The summed E-state index contributed by atoms with van der Waals surface area (Å²) in [5.74, 6) is 3.06. The molecule has 5 aromatic rings. The van der Waals surface area contributed by atoms with Gasteiger partial charge >= 0.3 is 0 Å².